The molecule has 1 aromatic carbocycles. The SMILES string of the molecule is O=c1cc(-c2ccnc(Sc3ccccc3)n2)cc[nH]1. The predicted molar refractivity (Wildman–Crippen MR) is 78.7 cm³/mol. The predicted octanol–water partition coefficient (Wildman–Crippen LogP) is 2.98. The standard InChI is InChI=1S/C15H11N3OS/c19-14-10-11(6-8-16-14)13-7-9-17-15(18-13)20-12-4-2-1-3-5-12/h1-10H,(H,16,19). The van der Waals surface area contributed by atoms with Crippen molar-refractivity contribution < 1.29 is 0 Å². The molecule has 0 spiro atoms. The fourth-order valence-corrected chi connectivity index (χ4v) is 2.51. The van der Waals surface area contributed by atoms with Crippen molar-refractivity contribution in [2.24, 2.45) is 0 Å². The number of nitrogens with zero attached hydrogens (tertiary/aromatic N) is 2. The van der Waals surface area contributed by atoms with Crippen molar-refractivity contribution in [2.75, 3.05) is 0 Å². The van der Waals surface area contributed by atoms with Crippen molar-refractivity contribution in [1.29, 1.82) is 0 Å². The van der Waals surface area contributed by atoms with Crippen molar-refractivity contribution in [3.05, 3.63) is 71.3 Å². The molecule has 20 heavy (non-hydrogen) atoms. The van der Waals surface area contributed by atoms with Crippen LogP contribution in [0.3, 0.4) is 0 Å². The molecule has 2 heterocycles. The summed E-state index contributed by atoms with van der Waals surface area (Å²) in [4.78, 5) is 23.7. The highest BCUT2D eigenvalue weighted by Crippen LogP contribution is 2.25. The lowest BCUT2D eigenvalue weighted by Gasteiger charge is -2.03. The Balaban J connectivity index is 1.92. The number of H-pyrrole nitrogens is 1. The minimum atomic E-state index is -0.140. The van der Waals surface area contributed by atoms with Crippen LogP contribution >= 0.6 is 11.8 Å². The third-order valence-electron chi connectivity index (χ3n) is 2.66. The fraction of sp³-hybridized carbons (Fsp3) is 0. The first-order valence-corrected chi connectivity index (χ1v) is 6.88. The van der Waals surface area contributed by atoms with E-state index < -0.39 is 0 Å². The van der Waals surface area contributed by atoms with Crippen LogP contribution in [-0.2, 0) is 0 Å². The Hall–Kier alpha value is -2.40. The number of benzene rings is 1. The molecule has 5 heteroatoms. The molecular formula is C15H11N3OS. The topological polar surface area (TPSA) is 58.6 Å². The van der Waals surface area contributed by atoms with Gasteiger partial charge in [0.1, 0.15) is 0 Å². The van der Waals surface area contributed by atoms with Gasteiger partial charge in [0.2, 0.25) is 5.56 Å². The Morgan fingerprint density at radius 3 is 2.70 bits per heavy atom. The molecule has 0 aliphatic heterocycles. The van der Waals surface area contributed by atoms with E-state index in [1.54, 1.807) is 18.5 Å². The summed E-state index contributed by atoms with van der Waals surface area (Å²) in [6.45, 7) is 0. The van der Waals surface area contributed by atoms with Crippen molar-refractivity contribution >= 4 is 11.8 Å². The van der Waals surface area contributed by atoms with Crippen LogP contribution < -0.4 is 5.56 Å². The number of pyridine rings is 1. The van der Waals surface area contributed by atoms with Gasteiger partial charge in [-0.1, -0.05) is 18.2 Å². The van der Waals surface area contributed by atoms with E-state index in [1.165, 1.54) is 17.8 Å². The van der Waals surface area contributed by atoms with E-state index in [0.29, 0.717) is 5.16 Å². The zero-order valence-corrected chi connectivity index (χ0v) is 11.3. The number of rotatable bonds is 3. The van der Waals surface area contributed by atoms with Crippen LogP contribution in [0.1, 0.15) is 0 Å². The molecule has 0 aliphatic rings. The second kappa shape index (κ2) is 5.71. The number of nitrogens with one attached hydrogen (secondary N) is 1. The van der Waals surface area contributed by atoms with Gasteiger partial charge in [-0.25, -0.2) is 9.97 Å². The molecule has 2 aromatic heterocycles. The molecule has 0 saturated heterocycles. The summed E-state index contributed by atoms with van der Waals surface area (Å²) in [5.41, 5.74) is 1.38. The van der Waals surface area contributed by atoms with Crippen LogP contribution in [0.2, 0.25) is 0 Å². The van der Waals surface area contributed by atoms with Crippen molar-refractivity contribution in [2.45, 2.75) is 10.1 Å². The summed E-state index contributed by atoms with van der Waals surface area (Å²) < 4.78 is 0. The Morgan fingerprint density at radius 1 is 1.05 bits per heavy atom. The van der Waals surface area contributed by atoms with Gasteiger partial charge in [-0.15, -0.1) is 0 Å². The summed E-state index contributed by atoms with van der Waals surface area (Å²) in [6, 6.07) is 15.1. The Bertz CT molecular complexity index is 771. The maximum atomic E-state index is 11.3. The first kappa shape index (κ1) is 12.6. The molecule has 3 aromatic rings. The molecule has 0 radical (unpaired) electrons. The summed E-state index contributed by atoms with van der Waals surface area (Å²) in [5.74, 6) is 0. The normalized spacial score (nSPS) is 10.4. The number of aromatic amines is 1. The molecular weight excluding hydrogens is 270 g/mol. The van der Waals surface area contributed by atoms with E-state index in [0.717, 1.165) is 16.2 Å². The van der Waals surface area contributed by atoms with Gasteiger partial charge in [0.05, 0.1) is 5.69 Å². The lowest BCUT2D eigenvalue weighted by atomic mass is 10.2. The van der Waals surface area contributed by atoms with Gasteiger partial charge in [-0.2, -0.15) is 0 Å². The lowest BCUT2D eigenvalue weighted by molar-refractivity contribution is 0.972. The Labute approximate surface area is 119 Å². The quantitative estimate of drug-likeness (QED) is 0.750. The van der Waals surface area contributed by atoms with E-state index in [2.05, 4.69) is 15.0 Å². The zero-order valence-electron chi connectivity index (χ0n) is 10.5. The molecule has 0 fully saturated rings. The van der Waals surface area contributed by atoms with E-state index >= 15 is 0 Å². The van der Waals surface area contributed by atoms with Crippen LogP contribution in [0.4, 0.5) is 0 Å². The van der Waals surface area contributed by atoms with Crippen molar-refractivity contribution in [1.82, 2.24) is 15.0 Å². The van der Waals surface area contributed by atoms with Crippen molar-refractivity contribution in [3.63, 3.8) is 0 Å². The fourth-order valence-electron chi connectivity index (χ4n) is 1.75. The van der Waals surface area contributed by atoms with Gasteiger partial charge in [0.15, 0.2) is 5.16 Å². The number of hydrogen-bond donors (Lipinski definition) is 1. The van der Waals surface area contributed by atoms with Gasteiger partial charge < -0.3 is 4.98 Å². The molecule has 0 unspecified atom stereocenters. The third-order valence-corrected chi connectivity index (χ3v) is 3.54. The largest absolute Gasteiger partial charge is 0.329 e. The second-order valence-electron chi connectivity index (χ2n) is 4.08. The lowest BCUT2D eigenvalue weighted by Crippen LogP contribution is -2.02. The van der Waals surface area contributed by atoms with Gasteiger partial charge >= 0.3 is 0 Å². The average molecular weight is 281 g/mol. The monoisotopic (exact) mass is 281 g/mol. The highest BCUT2D eigenvalue weighted by molar-refractivity contribution is 7.99. The first-order valence-electron chi connectivity index (χ1n) is 6.06. The second-order valence-corrected chi connectivity index (χ2v) is 5.12. The van der Waals surface area contributed by atoms with Crippen molar-refractivity contribution in [3.8, 4) is 11.3 Å². The van der Waals surface area contributed by atoms with E-state index in [9.17, 15) is 4.79 Å². The molecule has 4 nitrogen and oxygen atoms in total. The van der Waals surface area contributed by atoms with Gasteiger partial charge in [-0.3, -0.25) is 4.79 Å². The molecule has 98 valence electrons. The van der Waals surface area contributed by atoms with Crippen LogP contribution in [0.5, 0.6) is 0 Å². The molecule has 0 bridgehead atoms. The molecule has 1 N–H and O–H groups in total. The van der Waals surface area contributed by atoms with E-state index in [4.69, 9.17) is 0 Å². The van der Waals surface area contributed by atoms with Gasteiger partial charge in [0.25, 0.3) is 0 Å². The van der Waals surface area contributed by atoms with Gasteiger partial charge in [0, 0.05) is 28.9 Å². The molecule has 0 amide bonds. The minimum Gasteiger partial charge on any atom is -0.329 e. The summed E-state index contributed by atoms with van der Waals surface area (Å²) in [7, 11) is 0. The van der Waals surface area contributed by atoms with Gasteiger partial charge in [-0.05, 0) is 36.0 Å². The maximum absolute atomic E-state index is 11.3. The summed E-state index contributed by atoms with van der Waals surface area (Å²) >= 11 is 1.49. The molecule has 0 atom stereocenters. The summed E-state index contributed by atoms with van der Waals surface area (Å²) in [6.07, 6.45) is 3.32. The smallest absolute Gasteiger partial charge is 0.248 e. The van der Waals surface area contributed by atoms with Crippen LogP contribution in [0.15, 0.2) is 75.8 Å². The maximum Gasteiger partial charge on any atom is 0.248 e. The number of aromatic nitrogens is 3. The Kier molecular flexibility index (Phi) is 3.60. The molecule has 3 rings (SSSR count). The first-order chi connectivity index (χ1) is 9.81. The third kappa shape index (κ3) is 2.95. The molecule has 0 aliphatic carbocycles. The minimum absolute atomic E-state index is 0.140. The van der Waals surface area contributed by atoms with Crippen LogP contribution in [0.25, 0.3) is 11.3 Å². The van der Waals surface area contributed by atoms with Crippen LogP contribution in [0, 0.1) is 0 Å². The average Bonchev–Trinajstić information content (AvgIpc) is 2.49. The summed E-state index contributed by atoms with van der Waals surface area (Å²) in [5, 5.41) is 0.661. The van der Waals surface area contributed by atoms with Crippen LogP contribution in [-0.4, -0.2) is 15.0 Å². The number of hydrogen-bond acceptors (Lipinski definition) is 4. The highest BCUT2D eigenvalue weighted by Gasteiger charge is 2.04. The zero-order chi connectivity index (χ0) is 13.8. The molecule has 0 saturated carbocycles. The Morgan fingerprint density at radius 2 is 1.90 bits per heavy atom. The van der Waals surface area contributed by atoms with E-state index in [1.807, 2.05) is 36.4 Å². The van der Waals surface area contributed by atoms with E-state index in [-0.39, 0.29) is 5.56 Å². The highest BCUT2D eigenvalue weighted by atomic mass is 32.2.